The van der Waals surface area contributed by atoms with Gasteiger partial charge in [0.05, 0.1) is 33.0 Å². The number of likely N-dealkylation sites (tertiary alicyclic amines) is 1. The third-order valence-corrected chi connectivity index (χ3v) is 5.57. The number of morpholine rings is 1. The van der Waals surface area contributed by atoms with E-state index in [1.165, 1.54) is 11.1 Å². The van der Waals surface area contributed by atoms with Crippen LogP contribution in [0.15, 0.2) is 29.3 Å². The summed E-state index contributed by atoms with van der Waals surface area (Å²) in [4.78, 5) is 9.25. The quantitative estimate of drug-likeness (QED) is 0.228. The first-order chi connectivity index (χ1) is 14.3. The van der Waals surface area contributed by atoms with E-state index in [0.29, 0.717) is 19.1 Å². The predicted molar refractivity (Wildman–Crippen MR) is 131 cm³/mol. The van der Waals surface area contributed by atoms with Crippen molar-refractivity contribution in [1.29, 1.82) is 0 Å². The Bertz CT molecular complexity index is 623. The molecule has 0 aliphatic carbocycles. The second-order valence-corrected chi connectivity index (χ2v) is 7.77. The molecule has 2 aliphatic rings. The molecule has 1 atom stereocenters. The molecule has 2 fully saturated rings. The molecule has 0 aromatic heterocycles. The zero-order chi connectivity index (χ0) is 20.3. The lowest BCUT2D eigenvalue weighted by atomic mass is 10.1. The van der Waals surface area contributed by atoms with Crippen LogP contribution >= 0.6 is 24.0 Å². The first-order valence-corrected chi connectivity index (χ1v) is 10.7. The van der Waals surface area contributed by atoms with E-state index in [1.54, 1.807) is 7.11 Å². The van der Waals surface area contributed by atoms with Crippen molar-refractivity contribution in [2.24, 2.45) is 10.9 Å². The number of nitrogens with zero attached hydrogens (tertiary/aromatic N) is 3. The summed E-state index contributed by atoms with van der Waals surface area (Å²) in [6.07, 6.45) is 1.14. The van der Waals surface area contributed by atoms with Gasteiger partial charge in [0.15, 0.2) is 5.96 Å². The number of benzene rings is 1. The lowest BCUT2D eigenvalue weighted by Gasteiger charge is -2.26. The second-order valence-electron chi connectivity index (χ2n) is 7.77. The Hall–Kier alpha value is -0.940. The fourth-order valence-corrected chi connectivity index (χ4v) is 3.85. The molecule has 2 heterocycles. The van der Waals surface area contributed by atoms with Gasteiger partial charge in [0, 0.05) is 59.3 Å². The molecular formula is C22H37IN4O3. The Kier molecular flexibility index (Phi) is 12.0. The van der Waals surface area contributed by atoms with Crippen molar-refractivity contribution in [3.63, 3.8) is 0 Å². The number of hydrogen-bond acceptors (Lipinski definition) is 5. The van der Waals surface area contributed by atoms with Gasteiger partial charge in [-0.25, -0.2) is 0 Å². The van der Waals surface area contributed by atoms with Crippen molar-refractivity contribution in [1.82, 2.24) is 15.1 Å². The molecule has 7 nitrogen and oxygen atoms in total. The summed E-state index contributed by atoms with van der Waals surface area (Å²) >= 11 is 0. The Labute approximate surface area is 198 Å². The van der Waals surface area contributed by atoms with E-state index in [-0.39, 0.29) is 24.0 Å². The molecule has 3 rings (SSSR count). The molecule has 0 saturated carbocycles. The highest BCUT2D eigenvalue weighted by Gasteiger charge is 2.24. The van der Waals surface area contributed by atoms with Crippen LogP contribution in [0.25, 0.3) is 0 Å². The van der Waals surface area contributed by atoms with Crippen molar-refractivity contribution in [2.45, 2.75) is 19.5 Å². The van der Waals surface area contributed by atoms with Gasteiger partial charge in [0.1, 0.15) is 0 Å². The lowest BCUT2D eigenvalue weighted by Crippen LogP contribution is -2.39. The number of ether oxygens (including phenoxy) is 3. The third-order valence-electron chi connectivity index (χ3n) is 5.57. The van der Waals surface area contributed by atoms with Crippen molar-refractivity contribution in [2.75, 3.05) is 73.4 Å². The number of hydrogen-bond donors (Lipinski definition) is 1. The minimum Gasteiger partial charge on any atom is -0.382 e. The Balaban J connectivity index is 0.00000320. The van der Waals surface area contributed by atoms with Crippen molar-refractivity contribution in [3.05, 3.63) is 35.4 Å². The highest BCUT2D eigenvalue weighted by Crippen LogP contribution is 2.17. The molecule has 2 aliphatic heterocycles. The molecule has 1 aromatic rings. The van der Waals surface area contributed by atoms with Crippen LogP contribution in [0.5, 0.6) is 0 Å². The molecule has 0 radical (unpaired) electrons. The standard InChI is InChI=1S/C22H36N4O3.HI/c1-23-22(26-8-7-21(17-26)18-29-14-13-27-2)24-15-19-3-5-20(6-4-19)16-25-9-11-28-12-10-25;/h3-6,21H,7-18H2,1-2H3,(H,23,24);1H. The van der Waals surface area contributed by atoms with Crippen LogP contribution in [0.4, 0.5) is 0 Å². The SMILES string of the molecule is CN=C(NCc1ccc(CN2CCOCC2)cc1)N1CCC(COCCOC)C1.I. The molecule has 1 aromatic carbocycles. The summed E-state index contributed by atoms with van der Waals surface area (Å²) in [7, 11) is 3.56. The average molecular weight is 532 g/mol. The summed E-state index contributed by atoms with van der Waals surface area (Å²) in [6, 6.07) is 8.90. The molecule has 30 heavy (non-hydrogen) atoms. The first-order valence-electron chi connectivity index (χ1n) is 10.7. The molecule has 0 bridgehead atoms. The molecule has 1 N–H and O–H groups in total. The van der Waals surface area contributed by atoms with Gasteiger partial charge in [-0.1, -0.05) is 24.3 Å². The number of rotatable bonds is 9. The van der Waals surface area contributed by atoms with Crippen LogP contribution in [-0.4, -0.2) is 89.1 Å². The highest BCUT2D eigenvalue weighted by atomic mass is 127. The van der Waals surface area contributed by atoms with Crippen LogP contribution in [0.1, 0.15) is 17.5 Å². The van der Waals surface area contributed by atoms with Crippen LogP contribution in [0, 0.1) is 5.92 Å². The van der Waals surface area contributed by atoms with Crippen LogP contribution < -0.4 is 5.32 Å². The fourth-order valence-electron chi connectivity index (χ4n) is 3.85. The summed E-state index contributed by atoms with van der Waals surface area (Å²) in [5.74, 6) is 1.53. The molecule has 8 heteroatoms. The van der Waals surface area contributed by atoms with Gasteiger partial charge in [-0.3, -0.25) is 9.89 Å². The normalized spacial score (nSPS) is 20.3. The van der Waals surface area contributed by atoms with Crippen molar-refractivity contribution >= 4 is 29.9 Å². The molecule has 2 saturated heterocycles. The maximum atomic E-state index is 5.69. The minimum absolute atomic E-state index is 0. The van der Waals surface area contributed by atoms with Gasteiger partial charge in [0.25, 0.3) is 0 Å². The molecular weight excluding hydrogens is 495 g/mol. The van der Waals surface area contributed by atoms with E-state index in [0.717, 1.165) is 71.5 Å². The zero-order valence-electron chi connectivity index (χ0n) is 18.3. The summed E-state index contributed by atoms with van der Waals surface area (Å²) in [5, 5.41) is 3.51. The maximum absolute atomic E-state index is 5.69. The Morgan fingerprint density at radius 3 is 2.57 bits per heavy atom. The van der Waals surface area contributed by atoms with Crippen molar-refractivity contribution < 1.29 is 14.2 Å². The van der Waals surface area contributed by atoms with Gasteiger partial charge in [-0.15, -0.1) is 24.0 Å². The number of aliphatic imine (C=N–C) groups is 1. The van der Waals surface area contributed by atoms with Crippen LogP contribution in [0.3, 0.4) is 0 Å². The zero-order valence-corrected chi connectivity index (χ0v) is 20.7. The Morgan fingerprint density at radius 1 is 1.13 bits per heavy atom. The van der Waals surface area contributed by atoms with Gasteiger partial charge < -0.3 is 24.4 Å². The van der Waals surface area contributed by atoms with Crippen LogP contribution in [0.2, 0.25) is 0 Å². The number of halogens is 1. The van der Waals surface area contributed by atoms with Gasteiger partial charge >= 0.3 is 0 Å². The van der Waals surface area contributed by atoms with E-state index >= 15 is 0 Å². The number of nitrogens with one attached hydrogen (secondary N) is 1. The van der Waals surface area contributed by atoms with Gasteiger partial charge in [-0.05, 0) is 17.5 Å². The number of guanidine groups is 1. The minimum atomic E-state index is 0. The molecule has 0 spiro atoms. The second kappa shape index (κ2) is 14.2. The smallest absolute Gasteiger partial charge is 0.193 e. The number of methoxy groups -OCH3 is 1. The topological polar surface area (TPSA) is 58.6 Å². The van der Waals surface area contributed by atoms with E-state index in [2.05, 4.69) is 44.4 Å². The monoisotopic (exact) mass is 532 g/mol. The Morgan fingerprint density at radius 2 is 1.87 bits per heavy atom. The molecule has 170 valence electrons. The summed E-state index contributed by atoms with van der Waals surface area (Å²) in [5.41, 5.74) is 2.63. The largest absolute Gasteiger partial charge is 0.382 e. The van der Waals surface area contributed by atoms with Crippen molar-refractivity contribution in [3.8, 4) is 0 Å². The molecule has 1 unspecified atom stereocenters. The fraction of sp³-hybridized carbons (Fsp3) is 0.682. The third kappa shape index (κ3) is 8.30. The lowest BCUT2D eigenvalue weighted by molar-refractivity contribution is 0.0342. The van der Waals surface area contributed by atoms with E-state index < -0.39 is 0 Å². The van der Waals surface area contributed by atoms with E-state index in [9.17, 15) is 0 Å². The van der Waals surface area contributed by atoms with E-state index in [1.807, 2.05) is 7.05 Å². The predicted octanol–water partition coefficient (Wildman–Crippen LogP) is 2.20. The van der Waals surface area contributed by atoms with Gasteiger partial charge in [0.2, 0.25) is 0 Å². The van der Waals surface area contributed by atoms with Crippen LogP contribution in [-0.2, 0) is 27.3 Å². The highest BCUT2D eigenvalue weighted by molar-refractivity contribution is 14.0. The first kappa shape index (κ1) is 25.3. The van der Waals surface area contributed by atoms with E-state index in [4.69, 9.17) is 14.2 Å². The van der Waals surface area contributed by atoms with Gasteiger partial charge in [-0.2, -0.15) is 0 Å². The summed E-state index contributed by atoms with van der Waals surface area (Å²) in [6.45, 7) is 9.66. The molecule has 0 amide bonds. The maximum Gasteiger partial charge on any atom is 0.193 e. The summed E-state index contributed by atoms with van der Waals surface area (Å²) < 4.78 is 16.1. The average Bonchev–Trinajstić information content (AvgIpc) is 3.22.